The number of amides is 1. The number of nitrogens with zero attached hydrogens (tertiary/aromatic N) is 1. The molecule has 2 atom stereocenters. The van der Waals surface area contributed by atoms with E-state index in [9.17, 15) is 4.79 Å². The summed E-state index contributed by atoms with van der Waals surface area (Å²) in [4.78, 5) is 14.0. The van der Waals surface area contributed by atoms with Crippen molar-refractivity contribution in [1.82, 2.24) is 4.90 Å². The van der Waals surface area contributed by atoms with Crippen molar-refractivity contribution in [2.24, 2.45) is 17.1 Å². The second kappa shape index (κ2) is 4.52. The molecule has 1 aliphatic heterocycles. The second-order valence-corrected chi connectivity index (χ2v) is 5.59. The van der Waals surface area contributed by atoms with E-state index in [1.165, 1.54) is 0 Å². The first kappa shape index (κ1) is 12.5. The van der Waals surface area contributed by atoms with E-state index in [0.717, 1.165) is 25.9 Å². The summed E-state index contributed by atoms with van der Waals surface area (Å²) >= 11 is 0. The van der Waals surface area contributed by atoms with Crippen molar-refractivity contribution in [3.63, 3.8) is 0 Å². The highest BCUT2D eigenvalue weighted by molar-refractivity contribution is 5.82. The molecule has 0 radical (unpaired) electrons. The van der Waals surface area contributed by atoms with Crippen molar-refractivity contribution >= 4 is 5.91 Å². The number of carbonyl (C=O) groups excluding carboxylic acids is 1. The summed E-state index contributed by atoms with van der Waals surface area (Å²) in [6, 6.07) is -0.316. The van der Waals surface area contributed by atoms with Crippen LogP contribution < -0.4 is 5.73 Å². The van der Waals surface area contributed by atoms with Crippen LogP contribution in [-0.4, -0.2) is 29.9 Å². The molecule has 15 heavy (non-hydrogen) atoms. The van der Waals surface area contributed by atoms with Gasteiger partial charge in [0.15, 0.2) is 0 Å². The van der Waals surface area contributed by atoms with E-state index >= 15 is 0 Å². The van der Waals surface area contributed by atoms with Crippen molar-refractivity contribution in [2.45, 2.75) is 46.6 Å². The summed E-state index contributed by atoms with van der Waals surface area (Å²) in [6.07, 6.45) is 2.05. The smallest absolute Gasteiger partial charge is 0.239 e. The number of rotatable bonds is 3. The average molecular weight is 212 g/mol. The molecule has 0 saturated carbocycles. The molecule has 0 aromatic carbocycles. The summed E-state index contributed by atoms with van der Waals surface area (Å²) in [6.45, 7) is 10.3. The Morgan fingerprint density at radius 3 is 2.53 bits per heavy atom. The molecule has 1 fully saturated rings. The van der Waals surface area contributed by atoms with Gasteiger partial charge >= 0.3 is 0 Å². The molecule has 1 amide bonds. The van der Waals surface area contributed by atoms with Gasteiger partial charge in [-0.25, -0.2) is 0 Å². The highest BCUT2D eigenvalue weighted by atomic mass is 16.2. The maximum absolute atomic E-state index is 12.0. The molecule has 1 saturated heterocycles. The Balaban J connectivity index is 2.55. The molecule has 1 rings (SSSR count). The molecule has 0 aromatic rings. The largest absolute Gasteiger partial charge is 0.341 e. The minimum atomic E-state index is -0.316. The molecule has 2 N–H and O–H groups in total. The van der Waals surface area contributed by atoms with Crippen LogP contribution in [0.1, 0.15) is 40.5 Å². The van der Waals surface area contributed by atoms with Crippen LogP contribution in [0.15, 0.2) is 0 Å². The Bertz CT molecular complexity index is 238. The quantitative estimate of drug-likeness (QED) is 0.772. The van der Waals surface area contributed by atoms with E-state index in [1.807, 2.05) is 11.8 Å². The highest BCUT2D eigenvalue weighted by Gasteiger charge is 2.34. The molecule has 0 aliphatic carbocycles. The van der Waals surface area contributed by atoms with Crippen LogP contribution in [0.5, 0.6) is 0 Å². The predicted octanol–water partition coefficient (Wildman–Crippen LogP) is 1.62. The van der Waals surface area contributed by atoms with Gasteiger partial charge in [-0.05, 0) is 17.8 Å². The van der Waals surface area contributed by atoms with Gasteiger partial charge in [0.05, 0.1) is 6.04 Å². The van der Waals surface area contributed by atoms with Crippen LogP contribution >= 0.6 is 0 Å². The molecule has 0 spiro atoms. The molecule has 0 unspecified atom stereocenters. The molecule has 0 bridgehead atoms. The molecule has 1 aliphatic rings. The van der Waals surface area contributed by atoms with Crippen LogP contribution in [0.3, 0.4) is 0 Å². The lowest BCUT2D eigenvalue weighted by molar-refractivity contribution is -0.133. The van der Waals surface area contributed by atoms with Gasteiger partial charge in [-0.15, -0.1) is 0 Å². The lowest BCUT2D eigenvalue weighted by Crippen LogP contribution is -2.46. The van der Waals surface area contributed by atoms with Crippen LogP contribution in [0, 0.1) is 11.3 Å². The fraction of sp³-hybridized carbons (Fsp3) is 0.917. The summed E-state index contributed by atoms with van der Waals surface area (Å²) in [7, 11) is 0. The minimum Gasteiger partial charge on any atom is -0.341 e. The Labute approximate surface area is 93.0 Å². The first-order valence-corrected chi connectivity index (χ1v) is 5.92. The fourth-order valence-electron chi connectivity index (χ4n) is 2.01. The van der Waals surface area contributed by atoms with Gasteiger partial charge in [-0.1, -0.05) is 34.1 Å². The van der Waals surface area contributed by atoms with Gasteiger partial charge < -0.3 is 10.6 Å². The van der Waals surface area contributed by atoms with Crippen LogP contribution in [0.2, 0.25) is 0 Å². The molecule has 0 aromatic heterocycles. The zero-order valence-corrected chi connectivity index (χ0v) is 10.4. The Morgan fingerprint density at radius 1 is 1.53 bits per heavy atom. The van der Waals surface area contributed by atoms with Crippen molar-refractivity contribution in [3.8, 4) is 0 Å². The Hall–Kier alpha value is -0.570. The molecule has 3 heteroatoms. The zero-order chi connectivity index (χ0) is 11.6. The molecular weight excluding hydrogens is 188 g/mol. The Morgan fingerprint density at radius 2 is 2.13 bits per heavy atom. The topological polar surface area (TPSA) is 46.3 Å². The third-order valence-electron chi connectivity index (χ3n) is 3.53. The lowest BCUT2D eigenvalue weighted by Gasteiger charge is -2.25. The van der Waals surface area contributed by atoms with Crippen LogP contribution in [-0.2, 0) is 4.79 Å². The van der Waals surface area contributed by atoms with Gasteiger partial charge in [-0.3, -0.25) is 4.79 Å². The van der Waals surface area contributed by atoms with E-state index in [-0.39, 0.29) is 23.3 Å². The third-order valence-corrected chi connectivity index (χ3v) is 3.53. The van der Waals surface area contributed by atoms with Crippen molar-refractivity contribution < 1.29 is 4.79 Å². The number of likely N-dealkylation sites (tertiary alicyclic amines) is 1. The summed E-state index contributed by atoms with van der Waals surface area (Å²) < 4.78 is 0. The Kier molecular flexibility index (Phi) is 3.77. The van der Waals surface area contributed by atoms with Gasteiger partial charge in [0.25, 0.3) is 0 Å². The SMILES string of the molecule is CC[C@H](C)[C@H](N)C(=O)N1CCC(C)(C)C1. The molecule has 88 valence electrons. The first-order valence-electron chi connectivity index (χ1n) is 5.92. The van der Waals surface area contributed by atoms with Crippen molar-refractivity contribution in [2.75, 3.05) is 13.1 Å². The standard InChI is InChI=1S/C12H24N2O/c1-5-9(2)10(13)11(15)14-7-6-12(3,4)8-14/h9-10H,5-8,13H2,1-4H3/t9-,10-/m0/s1. The average Bonchev–Trinajstić information content (AvgIpc) is 2.55. The first-order chi connectivity index (χ1) is 6.87. The monoisotopic (exact) mass is 212 g/mol. The summed E-state index contributed by atoms with van der Waals surface area (Å²) in [5.74, 6) is 0.413. The summed E-state index contributed by atoms with van der Waals surface area (Å²) in [5, 5.41) is 0. The van der Waals surface area contributed by atoms with Gasteiger partial charge in [0, 0.05) is 13.1 Å². The normalized spacial score (nSPS) is 23.9. The van der Waals surface area contributed by atoms with Gasteiger partial charge in [-0.2, -0.15) is 0 Å². The maximum atomic E-state index is 12.0. The zero-order valence-electron chi connectivity index (χ0n) is 10.4. The maximum Gasteiger partial charge on any atom is 0.239 e. The lowest BCUT2D eigenvalue weighted by atomic mass is 9.93. The van der Waals surface area contributed by atoms with Gasteiger partial charge in [0.2, 0.25) is 5.91 Å². The molecule has 1 heterocycles. The fourth-order valence-corrected chi connectivity index (χ4v) is 2.01. The summed E-state index contributed by atoms with van der Waals surface area (Å²) in [5.41, 5.74) is 6.22. The van der Waals surface area contributed by atoms with Crippen LogP contribution in [0.4, 0.5) is 0 Å². The van der Waals surface area contributed by atoms with Crippen LogP contribution in [0.25, 0.3) is 0 Å². The van der Waals surface area contributed by atoms with Crippen molar-refractivity contribution in [3.05, 3.63) is 0 Å². The predicted molar refractivity (Wildman–Crippen MR) is 62.4 cm³/mol. The van der Waals surface area contributed by atoms with E-state index < -0.39 is 0 Å². The molecule has 3 nitrogen and oxygen atoms in total. The van der Waals surface area contributed by atoms with Gasteiger partial charge in [0.1, 0.15) is 0 Å². The number of hydrogen-bond donors (Lipinski definition) is 1. The van der Waals surface area contributed by atoms with Crippen molar-refractivity contribution in [1.29, 1.82) is 0 Å². The van der Waals surface area contributed by atoms with E-state index in [0.29, 0.717) is 0 Å². The van der Waals surface area contributed by atoms with E-state index in [2.05, 4.69) is 20.8 Å². The highest BCUT2D eigenvalue weighted by Crippen LogP contribution is 2.29. The molecular formula is C12H24N2O. The third kappa shape index (κ3) is 2.94. The van der Waals surface area contributed by atoms with E-state index in [4.69, 9.17) is 5.73 Å². The van der Waals surface area contributed by atoms with E-state index in [1.54, 1.807) is 0 Å². The number of nitrogens with two attached hydrogens (primary N) is 1. The second-order valence-electron chi connectivity index (χ2n) is 5.59. The number of hydrogen-bond acceptors (Lipinski definition) is 2. The number of carbonyl (C=O) groups is 1. The minimum absolute atomic E-state index is 0.134.